The lowest BCUT2D eigenvalue weighted by Crippen LogP contribution is -2.42. The van der Waals surface area contributed by atoms with Crippen molar-refractivity contribution in [3.8, 4) is 17.1 Å². The summed E-state index contributed by atoms with van der Waals surface area (Å²) in [6, 6.07) is 10.1. The number of carbonyl (C=O) groups is 1. The zero-order valence-corrected chi connectivity index (χ0v) is 21.4. The second-order valence-electron chi connectivity index (χ2n) is 8.84. The number of carbonyl (C=O) groups excluding carboxylic acids is 1. The topological polar surface area (TPSA) is 107 Å². The summed E-state index contributed by atoms with van der Waals surface area (Å²) < 4.78 is 81.8. The SMILES string of the molecule is CCc1cc2c(cc1F)c(C(N)=O)c(-c1ccc(S(=O)(=O)NC(C)C(F)(F)F)cn1)n2-c1cccc(C)c1. The van der Waals surface area contributed by atoms with Crippen LogP contribution in [0.2, 0.25) is 0 Å². The van der Waals surface area contributed by atoms with Gasteiger partial charge in [0.2, 0.25) is 10.0 Å². The summed E-state index contributed by atoms with van der Waals surface area (Å²) in [6.45, 7) is 4.34. The van der Waals surface area contributed by atoms with Crippen LogP contribution in [-0.2, 0) is 16.4 Å². The first-order valence-corrected chi connectivity index (χ1v) is 13.0. The number of alkyl halides is 3. The van der Waals surface area contributed by atoms with E-state index in [0.29, 0.717) is 30.1 Å². The number of aromatic nitrogens is 2. The minimum atomic E-state index is -4.78. The van der Waals surface area contributed by atoms with Crippen LogP contribution in [0.25, 0.3) is 28.0 Å². The van der Waals surface area contributed by atoms with Crippen molar-refractivity contribution in [1.82, 2.24) is 14.3 Å². The van der Waals surface area contributed by atoms with Crippen LogP contribution in [0.1, 0.15) is 35.3 Å². The number of sulfonamides is 1. The van der Waals surface area contributed by atoms with Gasteiger partial charge in [0.05, 0.1) is 22.5 Å². The molecule has 2 aromatic carbocycles. The summed E-state index contributed by atoms with van der Waals surface area (Å²) in [7, 11) is -4.56. The molecule has 7 nitrogen and oxygen atoms in total. The molecule has 4 rings (SSSR count). The molecule has 0 saturated heterocycles. The van der Waals surface area contributed by atoms with E-state index in [1.165, 1.54) is 12.1 Å². The number of benzene rings is 2. The number of pyridine rings is 1. The van der Waals surface area contributed by atoms with Crippen molar-refractivity contribution in [2.24, 2.45) is 5.73 Å². The Bertz CT molecular complexity index is 1650. The van der Waals surface area contributed by atoms with E-state index in [1.807, 2.05) is 19.1 Å². The molecule has 1 atom stereocenters. The number of nitrogens with two attached hydrogens (primary N) is 1. The number of nitrogens with zero attached hydrogens (tertiary/aromatic N) is 2. The molecular formula is C26H24F4N4O3S. The van der Waals surface area contributed by atoms with Gasteiger partial charge in [0, 0.05) is 17.3 Å². The van der Waals surface area contributed by atoms with Gasteiger partial charge >= 0.3 is 6.18 Å². The van der Waals surface area contributed by atoms with Crippen LogP contribution >= 0.6 is 0 Å². The van der Waals surface area contributed by atoms with Gasteiger partial charge in [-0.05, 0) is 67.8 Å². The summed E-state index contributed by atoms with van der Waals surface area (Å²) in [5.41, 5.74) is 8.41. The molecule has 0 radical (unpaired) electrons. The summed E-state index contributed by atoms with van der Waals surface area (Å²) in [5, 5.41) is 0.239. The van der Waals surface area contributed by atoms with Crippen molar-refractivity contribution in [3.05, 3.63) is 77.2 Å². The molecule has 38 heavy (non-hydrogen) atoms. The first-order chi connectivity index (χ1) is 17.7. The lowest BCUT2D eigenvalue weighted by molar-refractivity contribution is -0.147. The van der Waals surface area contributed by atoms with E-state index in [-0.39, 0.29) is 22.3 Å². The van der Waals surface area contributed by atoms with Crippen LogP contribution in [0.15, 0.2) is 59.6 Å². The van der Waals surface area contributed by atoms with E-state index < -0.39 is 38.9 Å². The van der Waals surface area contributed by atoms with Gasteiger partial charge in [-0.25, -0.2) is 12.8 Å². The molecule has 0 aliphatic carbocycles. The molecular weight excluding hydrogens is 524 g/mol. The van der Waals surface area contributed by atoms with E-state index >= 15 is 0 Å². The number of halogens is 4. The maximum absolute atomic E-state index is 14.8. The smallest absolute Gasteiger partial charge is 0.366 e. The second-order valence-corrected chi connectivity index (χ2v) is 10.6. The highest BCUT2D eigenvalue weighted by molar-refractivity contribution is 7.89. The van der Waals surface area contributed by atoms with Crippen molar-refractivity contribution in [2.45, 2.75) is 44.3 Å². The average Bonchev–Trinajstić information content (AvgIpc) is 3.16. The Hall–Kier alpha value is -3.77. The molecule has 0 fully saturated rings. The third kappa shape index (κ3) is 5.01. The van der Waals surface area contributed by atoms with Gasteiger partial charge in [0.1, 0.15) is 16.8 Å². The van der Waals surface area contributed by atoms with Crippen molar-refractivity contribution in [2.75, 3.05) is 0 Å². The van der Waals surface area contributed by atoms with Crippen LogP contribution < -0.4 is 10.5 Å². The van der Waals surface area contributed by atoms with Crippen LogP contribution in [0.5, 0.6) is 0 Å². The molecule has 2 heterocycles. The third-order valence-corrected chi connectivity index (χ3v) is 7.66. The summed E-state index contributed by atoms with van der Waals surface area (Å²) in [5.74, 6) is -1.38. The molecule has 200 valence electrons. The number of rotatable bonds is 7. The van der Waals surface area contributed by atoms with Gasteiger partial charge in [0.15, 0.2) is 0 Å². The Morgan fingerprint density at radius 2 is 1.87 bits per heavy atom. The number of nitrogens with one attached hydrogen (secondary N) is 1. The summed E-state index contributed by atoms with van der Waals surface area (Å²) in [4.78, 5) is 16.3. The molecule has 0 bridgehead atoms. The van der Waals surface area contributed by atoms with Crippen LogP contribution in [0.4, 0.5) is 17.6 Å². The summed E-state index contributed by atoms with van der Waals surface area (Å²) in [6.07, 6.45) is -3.50. The van der Waals surface area contributed by atoms with Crippen molar-refractivity contribution in [3.63, 3.8) is 0 Å². The molecule has 2 aromatic heterocycles. The molecule has 0 spiro atoms. The Kier molecular flexibility index (Phi) is 7.06. The lowest BCUT2D eigenvalue weighted by atomic mass is 10.0. The van der Waals surface area contributed by atoms with Crippen molar-refractivity contribution >= 4 is 26.8 Å². The standard InChI is InChI=1S/C26H24F4N4O3S/c1-4-16-11-22-19(12-20(16)27)23(25(31)35)24(34(22)17-7-5-6-14(2)10-17)21-9-8-18(13-32-21)38(36,37)33-15(3)26(28,29)30/h5-13,15,33H,4H2,1-3H3,(H2,31,35). The zero-order valence-electron chi connectivity index (χ0n) is 20.6. The molecule has 1 amide bonds. The first-order valence-electron chi connectivity index (χ1n) is 11.5. The number of aryl methyl sites for hydroxylation is 2. The first kappa shape index (κ1) is 27.3. The zero-order chi connectivity index (χ0) is 28.0. The van der Waals surface area contributed by atoms with Crippen LogP contribution in [0, 0.1) is 12.7 Å². The molecule has 4 aromatic rings. The molecule has 1 unspecified atom stereocenters. The Labute approximate surface area is 216 Å². The third-order valence-electron chi connectivity index (χ3n) is 6.13. The van der Waals surface area contributed by atoms with Crippen LogP contribution in [-0.4, -0.2) is 36.1 Å². The second kappa shape index (κ2) is 9.84. The molecule has 12 heteroatoms. The molecule has 0 aliphatic heterocycles. The Morgan fingerprint density at radius 3 is 2.42 bits per heavy atom. The maximum atomic E-state index is 14.8. The van der Waals surface area contributed by atoms with Gasteiger partial charge in [-0.15, -0.1) is 0 Å². The highest BCUT2D eigenvalue weighted by atomic mass is 32.2. The number of amides is 1. The van der Waals surface area contributed by atoms with Crippen LogP contribution in [0.3, 0.4) is 0 Å². The quantitative estimate of drug-likeness (QED) is 0.316. The summed E-state index contributed by atoms with van der Waals surface area (Å²) >= 11 is 0. The normalized spacial score (nSPS) is 13.1. The van der Waals surface area contributed by atoms with E-state index in [0.717, 1.165) is 17.8 Å². The molecule has 3 N–H and O–H groups in total. The number of fused-ring (bicyclic) bond motifs is 1. The largest absolute Gasteiger partial charge is 0.404 e. The maximum Gasteiger partial charge on any atom is 0.404 e. The fourth-order valence-electron chi connectivity index (χ4n) is 4.20. The number of hydrogen-bond acceptors (Lipinski definition) is 4. The van der Waals surface area contributed by atoms with Gasteiger partial charge in [-0.3, -0.25) is 9.78 Å². The van der Waals surface area contributed by atoms with E-state index in [9.17, 15) is 30.8 Å². The number of hydrogen-bond donors (Lipinski definition) is 2. The lowest BCUT2D eigenvalue weighted by Gasteiger charge is -2.17. The van der Waals surface area contributed by atoms with Gasteiger partial charge in [0.25, 0.3) is 5.91 Å². The fraction of sp³-hybridized carbons (Fsp3) is 0.231. The molecule has 0 aliphatic rings. The van der Waals surface area contributed by atoms with E-state index in [1.54, 1.807) is 34.4 Å². The van der Waals surface area contributed by atoms with E-state index in [4.69, 9.17) is 5.73 Å². The van der Waals surface area contributed by atoms with Gasteiger partial charge in [-0.1, -0.05) is 19.1 Å². The van der Waals surface area contributed by atoms with E-state index in [2.05, 4.69) is 4.98 Å². The molecule has 0 saturated carbocycles. The Morgan fingerprint density at radius 1 is 1.16 bits per heavy atom. The highest BCUT2D eigenvalue weighted by Gasteiger charge is 2.39. The van der Waals surface area contributed by atoms with Crippen molar-refractivity contribution in [1.29, 1.82) is 0 Å². The predicted octanol–water partition coefficient (Wildman–Crippen LogP) is 5.03. The monoisotopic (exact) mass is 548 g/mol. The average molecular weight is 549 g/mol. The highest BCUT2D eigenvalue weighted by Crippen LogP contribution is 2.37. The Balaban J connectivity index is 1.97. The van der Waals surface area contributed by atoms with Gasteiger partial charge < -0.3 is 10.3 Å². The minimum Gasteiger partial charge on any atom is -0.366 e. The number of primary amides is 1. The fourth-order valence-corrected chi connectivity index (χ4v) is 5.37. The predicted molar refractivity (Wildman–Crippen MR) is 135 cm³/mol. The minimum absolute atomic E-state index is 0.0324. The van der Waals surface area contributed by atoms with Gasteiger partial charge in [-0.2, -0.15) is 17.9 Å². The van der Waals surface area contributed by atoms with Crippen molar-refractivity contribution < 1.29 is 30.8 Å².